The second-order valence-electron chi connectivity index (χ2n) is 4.91. The maximum atomic E-state index is 9.59. The van der Waals surface area contributed by atoms with E-state index in [4.69, 9.17) is 9.47 Å². The number of benzene rings is 1. The van der Waals surface area contributed by atoms with Crippen molar-refractivity contribution in [2.75, 3.05) is 26.8 Å². The van der Waals surface area contributed by atoms with Crippen molar-refractivity contribution in [3.05, 3.63) is 23.8 Å². The molecule has 0 aliphatic heterocycles. The van der Waals surface area contributed by atoms with Crippen molar-refractivity contribution in [2.24, 2.45) is 0 Å². The molecule has 0 fully saturated rings. The van der Waals surface area contributed by atoms with Crippen molar-refractivity contribution < 1.29 is 9.47 Å². The van der Waals surface area contributed by atoms with Crippen LogP contribution in [0.5, 0.6) is 11.5 Å². The normalized spacial score (nSPS) is 12.0. The largest absolute Gasteiger partial charge is 0.493 e. The maximum absolute atomic E-state index is 9.59. The van der Waals surface area contributed by atoms with Gasteiger partial charge in [-0.1, -0.05) is 19.9 Å². The van der Waals surface area contributed by atoms with E-state index in [1.54, 1.807) is 7.11 Å². The summed E-state index contributed by atoms with van der Waals surface area (Å²) >= 11 is 0. The highest BCUT2D eigenvalue weighted by Crippen LogP contribution is 2.32. The number of methoxy groups -OCH3 is 1. The molecule has 1 aromatic rings. The van der Waals surface area contributed by atoms with Gasteiger partial charge in [-0.15, -0.1) is 0 Å². The minimum atomic E-state index is -0.241. The fraction of sp³-hybridized carbons (Fsp3) is 0.588. The van der Waals surface area contributed by atoms with Crippen LogP contribution in [-0.2, 0) is 0 Å². The fourth-order valence-electron chi connectivity index (χ4n) is 2.44. The van der Waals surface area contributed by atoms with Gasteiger partial charge in [0.2, 0.25) is 0 Å². The van der Waals surface area contributed by atoms with Gasteiger partial charge in [0.05, 0.1) is 19.8 Å². The molecule has 0 aromatic heterocycles. The van der Waals surface area contributed by atoms with Gasteiger partial charge in [-0.2, -0.15) is 5.26 Å². The van der Waals surface area contributed by atoms with Crippen LogP contribution in [0.25, 0.3) is 0 Å². The number of hydrogen-bond acceptors (Lipinski definition) is 4. The highest BCUT2D eigenvalue weighted by Gasteiger charge is 2.20. The molecule has 4 heteroatoms. The molecule has 1 atom stereocenters. The second-order valence-corrected chi connectivity index (χ2v) is 4.91. The van der Waals surface area contributed by atoms with Crippen LogP contribution >= 0.6 is 0 Å². The molecule has 0 saturated carbocycles. The van der Waals surface area contributed by atoms with Crippen LogP contribution in [0.1, 0.15) is 45.2 Å². The molecule has 1 aromatic carbocycles. The molecule has 0 bridgehead atoms. The molecule has 0 spiro atoms. The molecular formula is C17H26N2O2. The van der Waals surface area contributed by atoms with E-state index in [1.165, 1.54) is 0 Å². The molecule has 4 nitrogen and oxygen atoms in total. The number of nitrogens with zero attached hydrogens (tertiary/aromatic N) is 2. The van der Waals surface area contributed by atoms with Crippen LogP contribution in [0, 0.1) is 11.3 Å². The van der Waals surface area contributed by atoms with Crippen LogP contribution in [0.4, 0.5) is 0 Å². The van der Waals surface area contributed by atoms with Crippen LogP contribution < -0.4 is 9.47 Å². The molecule has 1 unspecified atom stereocenters. The Morgan fingerprint density at radius 1 is 1.14 bits per heavy atom. The van der Waals surface area contributed by atoms with E-state index in [1.807, 2.05) is 25.1 Å². The van der Waals surface area contributed by atoms with Gasteiger partial charge < -0.3 is 9.47 Å². The highest BCUT2D eigenvalue weighted by molar-refractivity contribution is 5.44. The Balaban J connectivity index is 3.09. The Morgan fingerprint density at radius 3 is 2.29 bits per heavy atom. The Labute approximate surface area is 128 Å². The summed E-state index contributed by atoms with van der Waals surface area (Å²) in [5, 5.41) is 9.59. The summed E-state index contributed by atoms with van der Waals surface area (Å²) in [7, 11) is 1.62. The highest BCUT2D eigenvalue weighted by atomic mass is 16.5. The van der Waals surface area contributed by atoms with E-state index >= 15 is 0 Å². The first-order chi connectivity index (χ1) is 10.2. The summed E-state index contributed by atoms with van der Waals surface area (Å²) in [5.74, 6) is 1.40. The third-order valence-corrected chi connectivity index (χ3v) is 3.31. The predicted molar refractivity (Wildman–Crippen MR) is 84.7 cm³/mol. The molecule has 0 saturated heterocycles. The minimum absolute atomic E-state index is 0.241. The molecular weight excluding hydrogens is 264 g/mol. The van der Waals surface area contributed by atoms with Crippen molar-refractivity contribution >= 4 is 0 Å². The van der Waals surface area contributed by atoms with Crippen LogP contribution in [0.3, 0.4) is 0 Å². The lowest BCUT2D eigenvalue weighted by Gasteiger charge is -2.27. The SMILES string of the molecule is CCCN(CCC)C(C#N)c1ccc(OC)c(OCC)c1. The summed E-state index contributed by atoms with van der Waals surface area (Å²) in [4.78, 5) is 2.22. The van der Waals surface area contributed by atoms with E-state index < -0.39 is 0 Å². The summed E-state index contributed by atoms with van der Waals surface area (Å²) in [6, 6.07) is 7.94. The number of ether oxygens (including phenoxy) is 2. The predicted octanol–water partition coefficient (Wildman–Crippen LogP) is 3.78. The summed E-state index contributed by atoms with van der Waals surface area (Å²) in [5.41, 5.74) is 0.962. The lowest BCUT2D eigenvalue weighted by Crippen LogP contribution is -2.29. The molecule has 0 heterocycles. The number of nitriles is 1. The summed E-state index contributed by atoms with van der Waals surface area (Å²) in [6.07, 6.45) is 2.07. The lowest BCUT2D eigenvalue weighted by atomic mass is 10.0. The van der Waals surface area contributed by atoms with E-state index in [0.29, 0.717) is 18.1 Å². The van der Waals surface area contributed by atoms with Crippen molar-refractivity contribution in [3.63, 3.8) is 0 Å². The van der Waals surface area contributed by atoms with Gasteiger partial charge in [-0.25, -0.2) is 0 Å². The first kappa shape index (κ1) is 17.3. The zero-order valence-electron chi connectivity index (χ0n) is 13.6. The van der Waals surface area contributed by atoms with Gasteiger partial charge in [0, 0.05) is 0 Å². The Hall–Kier alpha value is -1.73. The van der Waals surface area contributed by atoms with E-state index in [-0.39, 0.29) is 6.04 Å². The molecule has 0 N–H and O–H groups in total. The smallest absolute Gasteiger partial charge is 0.161 e. The van der Waals surface area contributed by atoms with Gasteiger partial charge in [0.1, 0.15) is 6.04 Å². The molecule has 0 amide bonds. The van der Waals surface area contributed by atoms with E-state index in [2.05, 4.69) is 24.8 Å². The Morgan fingerprint density at radius 2 is 1.81 bits per heavy atom. The van der Waals surface area contributed by atoms with Crippen molar-refractivity contribution in [1.82, 2.24) is 4.90 Å². The molecule has 0 aliphatic rings. The maximum Gasteiger partial charge on any atom is 0.161 e. The van der Waals surface area contributed by atoms with Crippen LogP contribution in [0.15, 0.2) is 18.2 Å². The first-order valence-electron chi connectivity index (χ1n) is 7.66. The molecule has 1 rings (SSSR count). The standard InChI is InChI=1S/C17H26N2O2/c1-5-10-19(11-6-2)15(13-18)14-8-9-16(20-4)17(12-14)21-7-3/h8-9,12,15H,5-7,10-11H2,1-4H3. The van der Waals surface area contributed by atoms with Crippen molar-refractivity contribution in [1.29, 1.82) is 5.26 Å². The first-order valence-corrected chi connectivity index (χ1v) is 7.66. The topological polar surface area (TPSA) is 45.5 Å². The average Bonchev–Trinajstić information content (AvgIpc) is 2.49. The zero-order valence-corrected chi connectivity index (χ0v) is 13.6. The van der Waals surface area contributed by atoms with Gasteiger partial charge in [-0.05, 0) is 50.6 Å². The van der Waals surface area contributed by atoms with E-state index in [0.717, 1.165) is 31.5 Å². The monoisotopic (exact) mass is 290 g/mol. The Kier molecular flexibility index (Phi) is 7.63. The molecule has 116 valence electrons. The Bertz CT molecular complexity index is 462. The van der Waals surface area contributed by atoms with Gasteiger partial charge >= 0.3 is 0 Å². The lowest BCUT2D eigenvalue weighted by molar-refractivity contribution is 0.235. The van der Waals surface area contributed by atoms with Crippen molar-refractivity contribution in [2.45, 2.75) is 39.7 Å². The van der Waals surface area contributed by atoms with Gasteiger partial charge in [0.15, 0.2) is 11.5 Å². The quantitative estimate of drug-likeness (QED) is 0.694. The van der Waals surface area contributed by atoms with Gasteiger partial charge in [-0.3, -0.25) is 4.90 Å². The summed E-state index contributed by atoms with van der Waals surface area (Å²) in [6.45, 7) is 8.62. The molecule has 21 heavy (non-hydrogen) atoms. The summed E-state index contributed by atoms with van der Waals surface area (Å²) < 4.78 is 10.9. The zero-order chi connectivity index (χ0) is 15.7. The molecule has 0 radical (unpaired) electrons. The third-order valence-electron chi connectivity index (χ3n) is 3.31. The average molecular weight is 290 g/mol. The number of hydrogen-bond donors (Lipinski definition) is 0. The minimum Gasteiger partial charge on any atom is -0.493 e. The second kappa shape index (κ2) is 9.25. The number of rotatable bonds is 9. The van der Waals surface area contributed by atoms with Crippen LogP contribution in [0.2, 0.25) is 0 Å². The van der Waals surface area contributed by atoms with Gasteiger partial charge in [0.25, 0.3) is 0 Å². The van der Waals surface area contributed by atoms with E-state index in [9.17, 15) is 5.26 Å². The van der Waals surface area contributed by atoms with Crippen molar-refractivity contribution in [3.8, 4) is 17.6 Å². The third kappa shape index (κ3) is 4.64. The fourth-order valence-corrected chi connectivity index (χ4v) is 2.44. The molecule has 0 aliphatic carbocycles. The van der Waals surface area contributed by atoms with Crippen LogP contribution in [-0.4, -0.2) is 31.7 Å².